The van der Waals surface area contributed by atoms with Crippen LogP contribution in [-0.4, -0.2) is 49.3 Å². The van der Waals surface area contributed by atoms with Gasteiger partial charge in [-0.25, -0.2) is 4.79 Å². The fraction of sp³-hybridized carbons (Fsp3) is 0.682. The summed E-state index contributed by atoms with van der Waals surface area (Å²) in [6, 6.07) is 7.05. The lowest BCUT2D eigenvalue weighted by molar-refractivity contribution is 0.104. The zero-order chi connectivity index (χ0) is 19.6. The van der Waals surface area contributed by atoms with Gasteiger partial charge < -0.3 is 20.3 Å². The lowest BCUT2D eigenvalue weighted by Gasteiger charge is -2.43. The van der Waals surface area contributed by atoms with E-state index in [2.05, 4.69) is 27.7 Å². The van der Waals surface area contributed by atoms with Crippen LogP contribution < -0.4 is 10.6 Å². The number of alkyl carbamates (subject to hydrolysis) is 1. The van der Waals surface area contributed by atoms with E-state index < -0.39 is 0 Å². The Morgan fingerprint density at radius 3 is 2.89 bits per heavy atom. The molecule has 2 aliphatic heterocycles. The number of fused-ring (bicyclic) bond motifs is 2. The predicted octanol–water partition coefficient (Wildman–Crippen LogP) is 4.55. The molecule has 3 aliphatic rings. The van der Waals surface area contributed by atoms with Gasteiger partial charge >= 0.3 is 6.09 Å². The van der Waals surface area contributed by atoms with Crippen molar-refractivity contribution in [2.24, 2.45) is 0 Å². The number of hydrogen-bond donors (Lipinski definition) is 2. The molecule has 5 nitrogen and oxygen atoms in total. The molecule has 1 aromatic rings. The van der Waals surface area contributed by atoms with Crippen molar-refractivity contribution in [3.05, 3.63) is 28.8 Å². The molecule has 154 valence electrons. The molecule has 1 aromatic carbocycles. The van der Waals surface area contributed by atoms with Crippen LogP contribution in [0, 0.1) is 0 Å². The lowest BCUT2D eigenvalue weighted by Crippen LogP contribution is -2.49. The molecule has 6 heteroatoms. The van der Waals surface area contributed by atoms with Crippen LogP contribution in [0.1, 0.15) is 57.4 Å². The van der Waals surface area contributed by atoms with E-state index in [1.807, 2.05) is 13.0 Å². The van der Waals surface area contributed by atoms with Crippen LogP contribution in [0.3, 0.4) is 0 Å². The van der Waals surface area contributed by atoms with E-state index >= 15 is 0 Å². The molecular formula is C22H32ClN3O2. The molecule has 1 amide bonds. The van der Waals surface area contributed by atoms with E-state index in [1.54, 1.807) is 0 Å². The number of likely N-dealkylation sites (tertiary alicyclic amines) is 1. The zero-order valence-electron chi connectivity index (χ0n) is 16.8. The first-order chi connectivity index (χ1) is 13.6. The minimum atomic E-state index is -0.267. The standard InChI is InChI=1S/C22H32ClN3O2/c1-2-28-21(27)25-17-5-3-4-6-18(14-17)26-11-9-22(10-12-26)15-24-20-8-7-16(23)13-19(20)22/h7-8,13,17-18,24H,2-6,9-12,14-15H2,1H3,(H,25,27). The number of benzene rings is 1. The quantitative estimate of drug-likeness (QED) is 0.724. The molecule has 1 saturated heterocycles. The Morgan fingerprint density at radius 1 is 1.32 bits per heavy atom. The molecule has 0 radical (unpaired) electrons. The number of hydrogen-bond acceptors (Lipinski definition) is 4. The normalized spacial score (nSPS) is 26.9. The van der Waals surface area contributed by atoms with Gasteiger partial charge in [-0.2, -0.15) is 0 Å². The molecule has 1 saturated carbocycles. The molecule has 1 spiro atoms. The van der Waals surface area contributed by atoms with Crippen LogP contribution in [0.15, 0.2) is 18.2 Å². The third-order valence-corrected chi connectivity index (χ3v) is 7.17. The van der Waals surface area contributed by atoms with Crippen LogP contribution in [0.5, 0.6) is 0 Å². The number of nitrogens with zero attached hydrogens (tertiary/aromatic N) is 1. The molecular weight excluding hydrogens is 374 g/mol. The highest BCUT2D eigenvalue weighted by molar-refractivity contribution is 6.30. The number of rotatable bonds is 3. The topological polar surface area (TPSA) is 53.6 Å². The van der Waals surface area contributed by atoms with Crippen LogP contribution in [0.4, 0.5) is 10.5 Å². The van der Waals surface area contributed by atoms with Crippen molar-refractivity contribution in [2.75, 3.05) is 31.6 Å². The highest BCUT2D eigenvalue weighted by Crippen LogP contribution is 2.45. The summed E-state index contributed by atoms with van der Waals surface area (Å²) in [5.74, 6) is 0. The second-order valence-electron chi connectivity index (χ2n) is 8.60. The van der Waals surface area contributed by atoms with Crippen molar-refractivity contribution in [2.45, 2.75) is 69.4 Å². The van der Waals surface area contributed by atoms with E-state index in [0.717, 1.165) is 37.5 Å². The number of anilines is 1. The number of nitrogens with one attached hydrogen (secondary N) is 2. The molecule has 2 atom stereocenters. The molecule has 28 heavy (non-hydrogen) atoms. The molecule has 2 heterocycles. The molecule has 2 fully saturated rings. The van der Waals surface area contributed by atoms with Crippen LogP contribution in [-0.2, 0) is 10.2 Å². The largest absolute Gasteiger partial charge is 0.450 e. The van der Waals surface area contributed by atoms with Gasteiger partial charge in [0.2, 0.25) is 0 Å². The summed E-state index contributed by atoms with van der Waals surface area (Å²) >= 11 is 6.29. The van der Waals surface area contributed by atoms with Crippen molar-refractivity contribution in [1.29, 1.82) is 0 Å². The smallest absolute Gasteiger partial charge is 0.407 e. The minimum Gasteiger partial charge on any atom is -0.450 e. The number of carbonyl (C=O) groups is 1. The Kier molecular flexibility index (Phi) is 6.02. The maximum absolute atomic E-state index is 11.9. The van der Waals surface area contributed by atoms with Crippen LogP contribution >= 0.6 is 11.6 Å². The molecule has 0 bridgehead atoms. The molecule has 0 aromatic heterocycles. The maximum atomic E-state index is 11.9. The van der Waals surface area contributed by atoms with Gasteiger partial charge in [-0.1, -0.05) is 24.4 Å². The van der Waals surface area contributed by atoms with Crippen molar-refractivity contribution >= 4 is 23.4 Å². The first kappa shape index (κ1) is 19.8. The molecule has 1 aliphatic carbocycles. The van der Waals surface area contributed by atoms with Gasteiger partial charge in [-0.05, 0) is 75.9 Å². The SMILES string of the molecule is CCOC(=O)NC1CCCCC(N2CCC3(CC2)CNc2ccc(Cl)cc23)C1. The Hall–Kier alpha value is -1.46. The van der Waals surface area contributed by atoms with Gasteiger partial charge in [0.15, 0.2) is 0 Å². The van der Waals surface area contributed by atoms with Gasteiger partial charge in [0.05, 0.1) is 6.61 Å². The molecule has 2 unspecified atom stereocenters. The van der Waals surface area contributed by atoms with Crippen molar-refractivity contribution in [3.63, 3.8) is 0 Å². The summed E-state index contributed by atoms with van der Waals surface area (Å²) in [5.41, 5.74) is 2.89. The van der Waals surface area contributed by atoms with Crippen LogP contribution in [0.25, 0.3) is 0 Å². The van der Waals surface area contributed by atoms with Gasteiger partial charge in [-0.15, -0.1) is 0 Å². The van der Waals surface area contributed by atoms with Gasteiger partial charge in [0.1, 0.15) is 0 Å². The van der Waals surface area contributed by atoms with E-state index in [9.17, 15) is 4.79 Å². The Morgan fingerprint density at radius 2 is 2.11 bits per heavy atom. The van der Waals surface area contributed by atoms with E-state index in [-0.39, 0.29) is 17.6 Å². The van der Waals surface area contributed by atoms with Gasteiger partial charge in [0, 0.05) is 34.8 Å². The average Bonchev–Trinajstić information content (AvgIpc) is 2.87. The number of piperidine rings is 1. The fourth-order valence-electron chi connectivity index (χ4n) is 5.37. The van der Waals surface area contributed by atoms with Gasteiger partial charge in [0.25, 0.3) is 0 Å². The summed E-state index contributed by atoms with van der Waals surface area (Å²) < 4.78 is 5.09. The molecule has 2 N–H and O–H groups in total. The van der Waals surface area contributed by atoms with E-state index in [4.69, 9.17) is 16.3 Å². The minimum absolute atomic E-state index is 0.226. The summed E-state index contributed by atoms with van der Waals surface area (Å²) in [5, 5.41) is 7.51. The monoisotopic (exact) mass is 405 g/mol. The summed E-state index contributed by atoms with van der Waals surface area (Å²) in [4.78, 5) is 14.5. The highest BCUT2D eigenvalue weighted by Gasteiger charge is 2.42. The lowest BCUT2D eigenvalue weighted by atomic mass is 9.74. The number of carbonyl (C=O) groups excluding carboxylic acids is 1. The zero-order valence-corrected chi connectivity index (χ0v) is 17.6. The van der Waals surface area contributed by atoms with Crippen molar-refractivity contribution < 1.29 is 9.53 Å². The van der Waals surface area contributed by atoms with Crippen LogP contribution in [0.2, 0.25) is 5.02 Å². The fourth-order valence-corrected chi connectivity index (χ4v) is 5.54. The van der Waals surface area contributed by atoms with E-state index in [0.29, 0.717) is 12.6 Å². The summed E-state index contributed by atoms with van der Waals surface area (Å²) in [7, 11) is 0. The highest BCUT2D eigenvalue weighted by atomic mass is 35.5. The molecule has 4 rings (SSSR count). The second kappa shape index (κ2) is 8.50. The first-order valence-corrected chi connectivity index (χ1v) is 11.2. The van der Waals surface area contributed by atoms with Crippen molar-refractivity contribution in [3.8, 4) is 0 Å². The summed E-state index contributed by atoms with van der Waals surface area (Å²) in [6.07, 6.45) is 7.81. The van der Waals surface area contributed by atoms with E-state index in [1.165, 1.54) is 43.4 Å². The Labute approximate surface area is 173 Å². The third kappa shape index (κ3) is 4.11. The number of ether oxygens (including phenoxy) is 1. The van der Waals surface area contributed by atoms with Crippen molar-refractivity contribution in [1.82, 2.24) is 10.2 Å². The first-order valence-electron chi connectivity index (χ1n) is 10.8. The number of halogens is 1. The Balaban J connectivity index is 1.38. The Bertz CT molecular complexity index is 703. The average molecular weight is 406 g/mol. The van der Waals surface area contributed by atoms with Gasteiger partial charge in [-0.3, -0.25) is 0 Å². The number of amides is 1. The maximum Gasteiger partial charge on any atom is 0.407 e. The third-order valence-electron chi connectivity index (χ3n) is 6.94. The second-order valence-corrected chi connectivity index (χ2v) is 9.03. The summed E-state index contributed by atoms with van der Waals surface area (Å²) in [6.45, 7) is 5.53. The predicted molar refractivity (Wildman–Crippen MR) is 113 cm³/mol.